The van der Waals surface area contributed by atoms with Crippen LogP contribution in [0.1, 0.15) is 89.3 Å². The smallest absolute Gasteiger partial charge is 0.333 e. The quantitative estimate of drug-likeness (QED) is 0.0218. The highest BCUT2D eigenvalue weighted by molar-refractivity contribution is 5.88. The molecule has 0 aliphatic heterocycles. The summed E-state index contributed by atoms with van der Waals surface area (Å²) in [5.41, 5.74) is 14.8. The molecule has 6 rings (SSSR count). The molecule has 0 saturated carbocycles. The normalized spacial score (nSPS) is 11.8. The summed E-state index contributed by atoms with van der Waals surface area (Å²) >= 11 is 0. The third-order valence-corrected chi connectivity index (χ3v) is 12.5. The predicted molar refractivity (Wildman–Crippen MR) is 298 cm³/mol. The number of esters is 4. The number of nitrogens with zero attached hydrogens (tertiary/aromatic N) is 2. The summed E-state index contributed by atoms with van der Waals surface area (Å²) < 4.78 is 21.3. The van der Waals surface area contributed by atoms with Crippen LogP contribution in [0.2, 0.25) is 0 Å². The number of anilines is 5. The fourth-order valence-corrected chi connectivity index (χ4v) is 8.31. The molecule has 74 heavy (non-hydrogen) atoms. The average Bonchev–Trinajstić information content (AvgIpc) is 3.40. The van der Waals surface area contributed by atoms with E-state index in [-0.39, 0.29) is 23.9 Å². The lowest BCUT2D eigenvalue weighted by Crippen LogP contribution is -2.18. The van der Waals surface area contributed by atoms with Crippen LogP contribution in [0.25, 0.3) is 11.1 Å². The van der Waals surface area contributed by atoms with Crippen molar-refractivity contribution < 1.29 is 38.1 Å². The first-order valence-electron chi connectivity index (χ1n) is 25.4. The van der Waals surface area contributed by atoms with Gasteiger partial charge in [0.15, 0.2) is 0 Å². The molecule has 0 N–H and O–H groups in total. The van der Waals surface area contributed by atoms with Gasteiger partial charge in [-0.1, -0.05) is 98.6 Å². The number of allylic oxidation sites excluding steroid dienone is 4. The van der Waals surface area contributed by atoms with E-state index in [9.17, 15) is 19.2 Å². The van der Waals surface area contributed by atoms with Gasteiger partial charge in [-0.25, -0.2) is 19.2 Å². The predicted octanol–water partition coefficient (Wildman–Crippen LogP) is 14.6. The number of carbonyl (C=O) groups excluding carboxylic acids is 4. The van der Waals surface area contributed by atoms with Crippen molar-refractivity contribution in [1.82, 2.24) is 0 Å². The van der Waals surface area contributed by atoms with E-state index >= 15 is 0 Å². The van der Waals surface area contributed by atoms with Gasteiger partial charge in [-0.3, -0.25) is 0 Å². The summed E-state index contributed by atoms with van der Waals surface area (Å²) in [6, 6.07) is 42.9. The Kier molecular flexibility index (Phi) is 20.7. The SMILES string of the molecule is C=C(C)C(=O)OCCCC1=CC=C(N(c2ccc(CCCOC(=O)C(=C)C)cc2)c2ccc(-c3ccc(N(c4ccc(CCCOC(=O)C(=C)C)cc4)c4ccc(CCCOC(=O)C(=C)C)cc4)cc3)cc2)CC1. The molecule has 0 radical (unpaired) electrons. The number of ether oxygens (including phenoxy) is 4. The largest absolute Gasteiger partial charge is 0.462 e. The van der Waals surface area contributed by atoms with Gasteiger partial charge in [0.05, 0.1) is 26.4 Å². The number of hydrogen-bond acceptors (Lipinski definition) is 10. The van der Waals surface area contributed by atoms with Crippen molar-refractivity contribution in [3.63, 3.8) is 0 Å². The van der Waals surface area contributed by atoms with Crippen molar-refractivity contribution >= 4 is 52.3 Å². The van der Waals surface area contributed by atoms with E-state index in [1.54, 1.807) is 27.7 Å². The lowest BCUT2D eigenvalue weighted by molar-refractivity contribution is -0.139. The second-order valence-corrected chi connectivity index (χ2v) is 18.8. The van der Waals surface area contributed by atoms with E-state index in [0.717, 1.165) is 101 Å². The number of carbonyl (C=O) groups is 4. The highest BCUT2D eigenvalue weighted by Crippen LogP contribution is 2.39. The zero-order chi connectivity index (χ0) is 53.0. The Labute approximate surface area is 438 Å². The molecule has 0 aromatic heterocycles. The zero-order valence-electron chi connectivity index (χ0n) is 43.6. The molecule has 1 aliphatic rings. The standard InChI is InChI=1S/C64H70N2O8/c1-45(2)61(67)71-41-9-13-49-17-29-55(30-18-49)65(56-31-19-50(20-32-56)14-10-42-72-62(68)46(3)4)59-37-25-53(26-38-59)54-27-39-60(40-28-54)66(57-33-21-51(22-34-57)15-11-43-73-63(69)47(5)6)58-35-23-52(24-36-58)16-12-44-74-64(70)48(7)8/h17-23,25-35,37-40H,1,3,5,7,9-16,24,36,41-44H2,2,4,6,8H3. The molecule has 0 amide bonds. The lowest BCUT2D eigenvalue weighted by atomic mass is 9.97. The van der Waals surface area contributed by atoms with Gasteiger partial charge in [0.25, 0.3) is 0 Å². The van der Waals surface area contributed by atoms with Gasteiger partial charge in [-0.05, 0) is 186 Å². The highest BCUT2D eigenvalue weighted by Gasteiger charge is 2.19. The number of benzene rings is 5. The van der Waals surface area contributed by atoms with Crippen molar-refractivity contribution in [1.29, 1.82) is 0 Å². The maximum atomic E-state index is 11.9. The summed E-state index contributed by atoms with van der Waals surface area (Å²) in [5, 5.41) is 0. The van der Waals surface area contributed by atoms with Crippen molar-refractivity contribution in [3.05, 3.63) is 210 Å². The van der Waals surface area contributed by atoms with Gasteiger partial charge in [-0.15, -0.1) is 0 Å². The molecule has 0 unspecified atom stereocenters. The van der Waals surface area contributed by atoms with Gasteiger partial charge in [-0.2, -0.15) is 0 Å². The van der Waals surface area contributed by atoms with Gasteiger partial charge in [0.1, 0.15) is 0 Å². The monoisotopic (exact) mass is 995 g/mol. The van der Waals surface area contributed by atoms with Gasteiger partial charge < -0.3 is 28.7 Å². The Morgan fingerprint density at radius 2 is 0.662 bits per heavy atom. The minimum Gasteiger partial charge on any atom is -0.462 e. The van der Waals surface area contributed by atoms with Crippen LogP contribution in [0.5, 0.6) is 0 Å². The number of hydrogen-bond donors (Lipinski definition) is 0. The average molecular weight is 995 g/mol. The summed E-state index contributed by atoms with van der Waals surface area (Å²) in [5.74, 6) is -1.46. The first-order valence-corrected chi connectivity index (χ1v) is 25.4. The molecule has 5 aromatic carbocycles. The molecule has 5 aromatic rings. The van der Waals surface area contributed by atoms with Crippen LogP contribution in [0.15, 0.2) is 193 Å². The van der Waals surface area contributed by atoms with E-state index in [1.165, 1.54) is 11.3 Å². The number of rotatable bonds is 27. The lowest BCUT2D eigenvalue weighted by Gasteiger charge is -2.30. The minimum absolute atomic E-state index is 0.333. The Morgan fingerprint density at radius 3 is 0.946 bits per heavy atom. The van der Waals surface area contributed by atoms with Crippen LogP contribution in [-0.2, 0) is 57.4 Å². The molecule has 0 atom stereocenters. The molecule has 0 bridgehead atoms. The summed E-state index contributed by atoms with van der Waals surface area (Å²) in [6.07, 6.45) is 12.2. The molecule has 1 aliphatic carbocycles. The first kappa shape index (κ1) is 55.3. The third-order valence-electron chi connectivity index (χ3n) is 12.5. The molecule has 0 fully saturated rings. The second-order valence-electron chi connectivity index (χ2n) is 18.8. The van der Waals surface area contributed by atoms with Gasteiger partial charge in [0, 0.05) is 56.4 Å². The molecular weight excluding hydrogens is 925 g/mol. The molecule has 384 valence electrons. The Morgan fingerprint density at radius 1 is 0.378 bits per heavy atom. The van der Waals surface area contributed by atoms with Crippen molar-refractivity contribution in [2.75, 3.05) is 36.2 Å². The first-order chi connectivity index (χ1) is 35.7. The third kappa shape index (κ3) is 16.5. The van der Waals surface area contributed by atoms with Crippen LogP contribution in [0.4, 0.5) is 28.4 Å². The van der Waals surface area contributed by atoms with Crippen LogP contribution in [0.3, 0.4) is 0 Å². The van der Waals surface area contributed by atoms with Crippen LogP contribution in [-0.4, -0.2) is 50.3 Å². The maximum absolute atomic E-state index is 11.9. The van der Waals surface area contributed by atoms with Gasteiger partial charge in [0.2, 0.25) is 0 Å². The molecule has 10 heteroatoms. The fraction of sp³-hybridized carbons (Fsp3) is 0.281. The molecular formula is C64H70N2O8. The summed E-state index contributed by atoms with van der Waals surface area (Å²) in [7, 11) is 0. The van der Waals surface area contributed by atoms with E-state index in [0.29, 0.717) is 68.0 Å². The van der Waals surface area contributed by atoms with E-state index in [4.69, 9.17) is 18.9 Å². The minimum atomic E-state index is -0.369. The van der Waals surface area contributed by atoms with E-state index in [2.05, 4.69) is 170 Å². The summed E-state index contributed by atoms with van der Waals surface area (Å²) in [4.78, 5) is 52.0. The Bertz CT molecular complexity index is 2760. The molecule has 0 heterocycles. The van der Waals surface area contributed by atoms with E-state index in [1.807, 2.05) is 0 Å². The second kappa shape index (κ2) is 27.7. The van der Waals surface area contributed by atoms with Crippen LogP contribution in [0, 0.1) is 0 Å². The van der Waals surface area contributed by atoms with Crippen molar-refractivity contribution in [3.8, 4) is 11.1 Å². The Hall–Kier alpha value is -7.98. The summed E-state index contributed by atoms with van der Waals surface area (Å²) in [6.45, 7) is 22.6. The number of aryl methyl sites for hydroxylation is 3. The zero-order valence-corrected chi connectivity index (χ0v) is 43.6. The van der Waals surface area contributed by atoms with Crippen LogP contribution < -0.4 is 9.80 Å². The maximum Gasteiger partial charge on any atom is 0.333 e. The topological polar surface area (TPSA) is 112 Å². The van der Waals surface area contributed by atoms with Crippen LogP contribution >= 0.6 is 0 Å². The Balaban J connectivity index is 1.21. The highest BCUT2D eigenvalue weighted by atomic mass is 16.5. The van der Waals surface area contributed by atoms with Crippen molar-refractivity contribution in [2.45, 2.75) is 91.9 Å². The molecule has 0 saturated heterocycles. The fourth-order valence-electron chi connectivity index (χ4n) is 8.31. The van der Waals surface area contributed by atoms with E-state index < -0.39 is 0 Å². The molecule has 10 nitrogen and oxygen atoms in total. The molecule has 0 spiro atoms. The van der Waals surface area contributed by atoms with Gasteiger partial charge >= 0.3 is 23.9 Å². The van der Waals surface area contributed by atoms with Crippen molar-refractivity contribution in [2.24, 2.45) is 0 Å².